The maximum atomic E-state index is 11.6. The molecule has 3 heteroatoms. The van der Waals surface area contributed by atoms with Gasteiger partial charge in [-0.1, -0.05) is 24.3 Å². The maximum absolute atomic E-state index is 11.6. The highest BCUT2D eigenvalue weighted by atomic mass is 16.5. The van der Waals surface area contributed by atoms with E-state index in [1.807, 2.05) is 18.2 Å². The molecule has 0 N–H and O–H groups in total. The Morgan fingerprint density at radius 1 is 1.00 bits per heavy atom. The Morgan fingerprint density at radius 3 is 2.38 bits per heavy atom. The van der Waals surface area contributed by atoms with Crippen LogP contribution in [0.4, 0.5) is 5.69 Å². The van der Waals surface area contributed by atoms with Crippen molar-refractivity contribution in [1.29, 1.82) is 0 Å². The Balaban J connectivity index is 1.93. The van der Waals surface area contributed by atoms with Crippen LogP contribution in [-0.2, 0) is 4.74 Å². The molecule has 0 unspecified atom stereocenters. The number of carbonyl (C=O) groups is 1. The van der Waals surface area contributed by atoms with E-state index in [9.17, 15) is 4.79 Å². The number of carbonyl (C=O) groups excluding carboxylic acids is 1. The van der Waals surface area contributed by atoms with Crippen LogP contribution in [0.25, 0.3) is 11.1 Å². The van der Waals surface area contributed by atoms with Crippen LogP contribution in [0.1, 0.15) is 23.2 Å². The fraction of sp³-hybridized carbons (Fsp3) is 0.278. The first-order chi connectivity index (χ1) is 10.3. The van der Waals surface area contributed by atoms with Gasteiger partial charge in [0.1, 0.15) is 0 Å². The molecule has 2 aromatic rings. The second kappa shape index (κ2) is 6.00. The summed E-state index contributed by atoms with van der Waals surface area (Å²) in [5.74, 6) is -0.299. The second-order valence-corrected chi connectivity index (χ2v) is 5.32. The largest absolute Gasteiger partial charge is 0.465 e. The third kappa shape index (κ3) is 2.92. The van der Waals surface area contributed by atoms with Crippen LogP contribution in [0.5, 0.6) is 0 Å². The molecule has 0 saturated carbocycles. The molecule has 0 amide bonds. The summed E-state index contributed by atoms with van der Waals surface area (Å²) in [6.45, 7) is 2.26. The zero-order valence-corrected chi connectivity index (χ0v) is 12.2. The average Bonchev–Trinajstić information content (AvgIpc) is 3.09. The number of nitrogens with zero attached hydrogens (tertiary/aromatic N) is 1. The maximum Gasteiger partial charge on any atom is 0.337 e. The molecule has 1 fully saturated rings. The molecule has 1 saturated heterocycles. The zero-order chi connectivity index (χ0) is 14.7. The lowest BCUT2D eigenvalue weighted by Gasteiger charge is -2.18. The molecule has 3 nitrogen and oxygen atoms in total. The smallest absolute Gasteiger partial charge is 0.337 e. The zero-order valence-electron chi connectivity index (χ0n) is 12.2. The van der Waals surface area contributed by atoms with Crippen molar-refractivity contribution in [2.75, 3.05) is 25.1 Å². The normalized spacial score (nSPS) is 14.2. The van der Waals surface area contributed by atoms with Crippen molar-refractivity contribution in [3.63, 3.8) is 0 Å². The number of methoxy groups -OCH3 is 1. The summed E-state index contributed by atoms with van der Waals surface area (Å²) in [6, 6.07) is 16.1. The van der Waals surface area contributed by atoms with Crippen molar-refractivity contribution in [1.82, 2.24) is 0 Å². The van der Waals surface area contributed by atoms with E-state index < -0.39 is 0 Å². The lowest BCUT2D eigenvalue weighted by Crippen LogP contribution is -2.17. The monoisotopic (exact) mass is 281 g/mol. The Morgan fingerprint density at radius 2 is 1.67 bits per heavy atom. The molecule has 1 aliphatic rings. The summed E-state index contributed by atoms with van der Waals surface area (Å²) in [6.07, 6.45) is 2.53. The number of ether oxygens (including phenoxy) is 1. The third-order valence-corrected chi connectivity index (χ3v) is 3.93. The lowest BCUT2D eigenvalue weighted by molar-refractivity contribution is 0.0601. The minimum atomic E-state index is -0.299. The molecule has 1 heterocycles. The summed E-state index contributed by atoms with van der Waals surface area (Å²) in [5, 5.41) is 0. The van der Waals surface area contributed by atoms with Crippen LogP contribution < -0.4 is 4.90 Å². The number of benzene rings is 2. The average molecular weight is 281 g/mol. The lowest BCUT2D eigenvalue weighted by atomic mass is 10.0. The highest BCUT2D eigenvalue weighted by Crippen LogP contribution is 2.27. The molecule has 0 radical (unpaired) electrons. The van der Waals surface area contributed by atoms with Gasteiger partial charge in [-0.2, -0.15) is 0 Å². The van der Waals surface area contributed by atoms with Gasteiger partial charge in [-0.25, -0.2) is 4.79 Å². The van der Waals surface area contributed by atoms with E-state index in [1.54, 1.807) is 6.07 Å². The molecule has 0 atom stereocenters. The van der Waals surface area contributed by atoms with Crippen molar-refractivity contribution >= 4 is 11.7 Å². The highest BCUT2D eigenvalue weighted by molar-refractivity contribution is 5.91. The summed E-state index contributed by atoms with van der Waals surface area (Å²) in [4.78, 5) is 14.1. The summed E-state index contributed by atoms with van der Waals surface area (Å²) in [7, 11) is 1.41. The Kier molecular flexibility index (Phi) is 3.91. The molecule has 3 rings (SSSR count). The van der Waals surface area contributed by atoms with Crippen LogP contribution in [0.3, 0.4) is 0 Å². The van der Waals surface area contributed by atoms with E-state index in [0.717, 1.165) is 24.2 Å². The molecule has 1 aliphatic heterocycles. The van der Waals surface area contributed by atoms with Crippen molar-refractivity contribution in [2.45, 2.75) is 12.8 Å². The van der Waals surface area contributed by atoms with Crippen LogP contribution in [0, 0.1) is 0 Å². The number of hydrogen-bond donors (Lipinski definition) is 0. The fourth-order valence-electron chi connectivity index (χ4n) is 2.80. The minimum Gasteiger partial charge on any atom is -0.465 e. The van der Waals surface area contributed by atoms with Gasteiger partial charge in [0.15, 0.2) is 0 Å². The summed E-state index contributed by atoms with van der Waals surface area (Å²) < 4.78 is 4.78. The van der Waals surface area contributed by atoms with Gasteiger partial charge in [-0.05, 0) is 48.2 Å². The third-order valence-electron chi connectivity index (χ3n) is 3.93. The molecule has 0 aromatic heterocycles. The first-order valence-corrected chi connectivity index (χ1v) is 7.32. The number of rotatable bonds is 3. The molecule has 0 aliphatic carbocycles. The number of anilines is 1. The van der Waals surface area contributed by atoms with E-state index in [2.05, 4.69) is 29.2 Å². The van der Waals surface area contributed by atoms with Gasteiger partial charge in [0, 0.05) is 18.8 Å². The van der Waals surface area contributed by atoms with Gasteiger partial charge in [0.05, 0.1) is 12.7 Å². The molecule has 2 aromatic carbocycles. The van der Waals surface area contributed by atoms with E-state index in [0.29, 0.717) is 5.56 Å². The topological polar surface area (TPSA) is 29.5 Å². The highest BCUT2D eigenvalue weighted by Gasteiger charge is 2.13. The van der Waals surface area contributed by atoms with Gasteiger partial charge < -0.3 is 9.64 Å². The summed E-state index contributed by atoms with van der Waals surface area (Å²) >= 11 is 0. The van der Waals surface area contributed by atoms with Crippen LogP contribution in [0.2, 0.25) is 0 Å². The Hall–Kier alpha value is -2.29. The molecule has 0 spiro atoms. The van der Waals surface area contributed by atoms with Gasteiger partial charge in [0.2, 0.25) is 0 Å². The standard InChI is InChI=1S/C18H19NO2/c1-21-18(20)16-8-4-6-14(12-16)15-7-5-9-17(13-15)19-10-2-3-11-19/h4-9,12-13H,2-3,10-11H2,1H3. The van der Waals surface area contributed by atoms with E-state index in [-0.39, 0.29) is 5.97 Å². The molecule has 0 bridgehead atoms. The van der Waals surface area contributed by atoms with Gasteiger partial charge >= 0.3 is 5.97 Å². The number of esters is 1. The molecule has 21 heavy (non-hydrogen) atoms. The van der Waals surface area contributed by atoms with Crippen LogP contribution >= 0.6 is 0 Å². The predicted octanol–water partition coefficient (Wildman–Crippen LogP) is 3.74. The SMILES string of the molecule is COC(=O)c1cccc(-c2cccc(N3CCCC3)c2)c1. The van der Waals surface area contributed by atoms with E-state index in [1.165, 1.54) is 25.6 Å². The van der Waals surface area contributed by atoms with Gasteiger partial charge in [-0.15, -0.1) is 0 Å². The van der Waals surface area contributed by atoms with Crippen LogP contribution in [-0.4, -0.2) is 26.2 Å². The quantitative estimate of drug-likeness (QED) is 0.803. The van der Waals surface area contributed by atoms with Crippen molar-refractivity contribution in [3.8, 4) is 11.1 Å². The van der Waals surface area contributed by atoms with Crippen molar-refractivity contribution in [2.24, 2.45) is 0 Å². The van der Waals surface area contributed by atoms with E-state index >= 15 is 0 Å². The predicted molar refractivity (Wildman–Crippen MR) is 84.7 cm³/mol. The Labute approximate surface area is 125 Å². The first kappa shape index (κ1) is 13.7. The molecular weight excluding hydrogens is 262 g/mol. The first-order valence-electron chi connectivity index (χ1n) is 7.32. The molecular formula is C18H19NO2. The van der Waals surface area contributed by atoms with Crippen molar-refractivity contribution in [3.05, 3.63) is 54.1 Å². The number of hydrogen-bond acceptors (Lipinski definition) is 3. The van der Waals surface area contributed by atoms with Gasteiger partial charge in [-0.3, -0.25) is 0 Å². The molecule has 108 valence electrons. The summed E-state index contributed by atoms with van der Waals surface area (Å²) in [5.41, 5.74) is 4.01. The Bertz CT molecular complexity index is 645. The fourth-order valence-corrected chi connectivity index (χ4v) is 2.80. The van der Waals surface area contributed by atoms with Gasteiger partial charge in [0.25, 0.3) is 0 Å². The second-order valence-electron chi connectivity index (χ2n) is 5.32. The van der Waals surface area contributed by atoms with Crippen molar-refractivity contribution < 1.29 is 9.53 Å². The minimum absolute atomic E-state index is 0.299. The van der Waals surface area contributed by atoms with Crippen LogP contribution in [0.15, 0.2) is 48.5 Å². The van der Waals surface area contributed by atoms with E-state index in [4.69, 9.17) is 4.74 Å².